The lowest BCUT2D eigenvalue weighted by Crippen LogP contribution is -2.51. The van der Waals surface area contributed by atoms with Crippen molar-refractivity contribution >= 4 is 0 Å². The quantitative estimate of drug-likeness (QED) is 0.827. The van der Waals surface area contributed by atoms with Crippen molar-refractivity contribution in [1.29, 1.82) is 0 Å². The first-order valence-electron chi connectivity index (χ1n) is 8.80. The van der Waals surface area contributed by atoms with Crippen LogP contribution >= 0.6 is 0 Å². The SMILES string of the molecule is Cc1ccccc1OCC1C2CCN(CC2)C1c1ccccc1. The molecule has 5 rings (SSSR count). The van der Waals surface area contributed by atoms with Crippen molar-refractivity contribution in [3.05, 3.63) is 65.7 Å². The summed E-state index contributed by atoms with van der Waals surface area (Å²) in [5, 5.41) is 0. The first-order valence-corrected chi connectivity index (χ1v) is 8.80. The van der Waals surface area contributed by atoms with Gasteiger partial charge in [0.05, 0.1) is 6.61 Å². The molecular weight excluding hydrogens is 282 g/mol. The molecule has 0 aliphatic carbocycles. The number of hydrogen-bond acceptors (Lipinski definition) is 2. The van der Waals surface area contributed by atoms with Gasteiger partial charge in [0.2, 0.25) is 0 Å². The maximum absolute atomic E-state index is 6.25. The van der Waals surface area contributed by atoms with Crippen LogP contribution < -0.4 is 4.74 Å². The molecule has 3 fully saturated rings. The number of rotatable bonds is 4. The Labute approximate surface area is 139 Å². The third kappa shape index (κ3) is 2.88. The van der Waals surface area contributed by atoms with E-state index in [-0.39, 0.29) is 0 Å². The van der Waals surface area contributed by atoms with Crippen molar-refractivity contribution in [2.75, 3.05) is 19.7 Å². The second-order valence-electron chi connectivity index (χ2n) is 6.97. The molecule has 2 unspecified atom stereocenters. The first-order chi connectivity index (χ1) is 11.3. The number of nitrogens with zero attached hydrogens (tertiary/aromatic N) is 1. The van der Waals surface area contributed by atoms with Crippen LogP contribution in [-0.2, 0) is 0 Å². The molecule has 120 valence electrons. The van der Waals surface area contributed by atoms with Crippen LogP contribution in [0.5, 0.6) is 5.75 Å². The highest BCUT2D eigenvalue weighted by Crippen LogP contribution is 2.45. The molecule has 23 heavy (non-hydrogen) atoms. The van der Waals surface area contributed by atoms with Crippen molar-refractivity contribution in [1.82, 2.24) is 4.90 Å². The molecule has 2 bridgehead atoms. The van der Waals surface area contributed by atoms with Crippen LogP contribution in [0.4, 0.5) is 0 Å². The second-order valence-corrected chi connectivity index (χ2v) is 6.97. The third-order valence-corrected chi connectivity index (χ3v) is 5.64. The number of para-hydroxylation sites is 1. The lowest BCUT2D eigenvalue weighted by Gasteiger charge is -2.51. The molecular formula is C21H25NO. The largest absolute Gasteiger partial charge is 0.493 e. The standard InChI is InChI=1S/C21H25NO/c1-16-7-5-6-10-20(16)23-15-19-17-11-13-22(14-12-17)21(19)18-8-3-2-4-9-18/h2-10,17,19,21H,11-15H2,1H3. The Morgan fingerprint density at radius 1 is 0.957 bits per heavy atom. The van der Waals surface area contributed by atoms with E-state index < -0.39 is 0 Å². The zero-order chi connectivity index (χ0) is 15.6. The highest BCUT2D eigenvalue weighted by Gasteiger charge is 2.43. The van der Waals surface area contributed by atoms with Crippen LogP contribution in [0, 0.1) is 18.8 Å². The minimum atomic E-state index is 0.521. The van der Waals surface area contributed by atoms with Gasteiger partial charge in [-0.1, -0.05) is 48.5 Å². The third-order valence-electron chi connectivity index (χ3n) is 5.64. The van der Waals surface area contributed by atoms with E-state index in [2.05, 4.69) is 66.4 Å². The number of fused-ring (bicyclic) bond motifs is 3. The summed E-state index contributed by atoms with van der Waals surface area (Å²) in [6, 6.07) is 19.9. The Bertz CT molecular complexity index is 646. The van der Waals surface area contributed by atoms with Crippen molar-refractivity contribution in [2.45, 2.75) is 25.8 Å². The Kier molecular flexibility index (Phi) is 4.09. The van der Waals surface area contributed by atoms with Crippen molar-refractivity contribution in [3.8, 4) is 5.75 Å². The summed E-state index contributed by atoms with van der Waals surface area (Å²) in [6.07, 6.45) is 2.65. The van der Waals surface area contributed by atoms with E-state index in [9.17, 15) is 0 Å². The lowest BCUT2D eigenvalue weighted by atomic mass is 9.72. The molecule has 2 heteroatoms. The zero-order valence-corrected chi connectivity index (χ0v) is 13.8. The molecule has 0 saturated carbocycles. The summed E-state index contributed by atoms with van der Waals surface area (Å²) in [5.74, 6) is 2.43. The van der Waals surface area contributed by atoms with Gasteiger partial charge in [-0.2, -0.15) is 0 Å². The molecule has 3 aliphatic heterocycles. The van der Waals surface area contributed by atoms with Crippen molar-refractivity contribution in [3.63, 3.8) is 0 Å². The van der Waals surface area contributed by atoms with Crippen LogP contribution in [0.2, 0.25) is 0 Å². The molecule has 0 N–H and O–H groups in total. The van der Waals surface area contributed by atoms with Gasteiger partial charge in [-0.3, -0.25) is 4.90 Å². The van der Waals surface area contributed by atoms with E-state index in [1.807, 2.05) is 0 Å². The number of aryl methyl sites for hydroxylation is 1. The van der Waals surface area contributed by atoms with Crippen LogP contribution in [0.15, 0.2) is 54.6 Å². The van der Waals surface area contributed by atoms with E-state index in [0.29, 0.717) is 12.0 Å². The van der Waals surface area contributed by atoms with Crippen molar-refractivity contribution < 1.29 is 4.74 Å². The monoisotopic (exact) mass is 307 g/mol. The van der Waals surface area contributed by atoms with Gasteiger partial charge in [0.15, 0.2) is 0 Å². The average Bonchev–Trinajstić information content (AvgIpc) is 2.62. The molecule has 3 aliphatic rings. The Morgan fingerprint density at radius 2 is 1.65 bits per heavy atom. The van der Waals surface area contributed by atoms with Gasteiger partial charge in [-0.05, 0) is 56.0 Å². The molecule has 2 aromatic carbocycles. The molecule has 3 saturated heterocycles. The summed E-state index contributed by atoms with van der Waals surface area (Å²) in [6.45, 7) is 5.43. The number of piperidine rings is 3. The van der Waals surface area contributed by atoms with E-state index >= 15 is 0 Å². The fourth-order valence-electron chi connectivity index (χ4n) is 4.39. The molecule has 2 nitrogen and oxygen atoms in total. The molecule has 2 atom stereocenters. The number of hydrogen-bond donors (Lipinski definition) is 0. The lowest BCUT2D eigenvalue weighted by molar-refractivity contribution is -0.0313. The van der Waals surface area contributed by atoms with Gasteiger partial charge >= 0.3 is 0 Å². The van der Waals surface area contributed by atoms with E-state index in [1.54, 1.807) is 0 Å². The number of benzene rings is 2. The van der Waals surface area contributed by atoms with Gasteiger partial charge in [0.1, 0.15) is 5.75 Å². The maximum Gasteiger partial charge on any atom is 0.122 e. The minimum Gasteiger partial charge on any atom is -0.493 e. The molecule has 0 radical (unpaired) electrons. The highest BCUT2D eigenvalue weighted by molar-refractivity contribution is 5.32. The average molecular weight is 307 g/mol. The van der Waals surface area contributed by atoms with E-state index in [1.165, 1.54) is 37.1 Å². The van der Waals surface area contributed by atoms with E-state index in [4.69, 9.17) is 4.74 Å². The molecule has 2 aromatic rings. The fraction of sp³-hybridized carbons (Fsp3) is 0.429. The van der Waals surface area contributed by atoms with Crippen LogP contribution in [0.1, 0.15) is 30.0 Å². The molecule has 0 aromatic heterocycles. The van der Waals surface area contributed by atoms with Gasteiger partial charge < -0.3 is 4.74 Å². The first kappa shape index (κ1) is 14.8. The summed E-state index contributed by atoms with van der Waals surface area (Å²) < 4.78 is 6.25. The summed E-state index contributed by atoms with van der Waals surface area (Å²) in [7, 11) is 0. The van der Waals surface area contributed by atoms with Crippen LogP contribution in [0.25, 0.3) is 0 Å². The number of ether oxygens (including phenoxy) is 1. The highest BCUT2D eigenvalue weighted by atomic mass is 16.5. The zero-order valence-electron chi connectivity index (χ0n) is 13.8. The van der Waals surface area contributed by atoms with Gasteiger partial charge in [0.25, 0.3) is 0 Å². The fourth-order valence-corrected chi connectivity index (χ4v) is 4.39. The predicted molar refractivity (Wildman–Crippen MR) is 93.6 cm³/mol. The molecule has 3 heterocycles. The van der Waals surface area contributed by atoms with Crippen LogP contribution in [0.3, 0.4) is 0 Å². The predicted octanol–water partition coefficient (Wildman–Crippen LogP) is 4.46. The summed E-state index contributed by atoms with van der Waals surface area (Å²) in [5.41, 5.74) is 2.68. The van der Waals surface area contributed by atoms with Crippen molar-refractivity contribution in [2.24, 2.45) is 11.8 Å². The topological polar surface area (TPSA) is 12.5 Å². The summed E-state index contributed by atoms with van der Waals surface area (Å²) >= 11 is 0. The maximum atomic E-state index is 6.25. The van der Waals surface area contributed by atoms with Crippen LogP contribution in [-0.4, -0.2) is 24.6 Å². The molecule has 0 spiro atoms. The Hall–Kier alpha value is -1.80. The van der Waals surface area contributed by atoms with Gasteiger partial charge in [0, 0.05) is 12.0 Å². The Balaban J connectivity index is 1.56. The van der Waals surface area contributed by atoms with E-state index in [0.717, 1.165) is 18.3 Å². The Morgan fingerprint density at radius 3 is 2.39 bits per heavy atom. The minimum absolute atomic E-state index is 0.521. The summed E-state index contributed by atoms with van der Waals surface area (Å²) in [4.78, 5) is 2.67. The van der Waals surface area contributed by atoms with Gasteiger partial charge in [-0.15, -0.1) is 0 Å². The van der Waals surface area contributed by atoms with Gasteiger partial charge in [-0.25, -0.2) is 0 Å². The normalized spacial score (nSPS) is 29.4. The second kappa shape index (κ2) is 6.37. The molecule has 0 amide bonds. The smallest absolute Gasteiger partial charge is 0.122 e.